The molecule has 1 aliphatic rings. The van der Waals surface area contributed by atoms with E-state index in [1.807, 2.05) is 6.92 Å². The van der Waals surface area contributed by atoms with Crippen molar-refractivity contribution in [3.05, 3.63) is 29.6 Å². The van der Waals surface area contributed by atoms with Crippen LogP contribution in [0, 0.1) is 12.8 Å². The first kappa shape index (κ1) is 14.9. The highest BCUT2D eigenvalue weighted by Gasteiger charge is 2.28. The van der Waals surface area contributed by atoms with Gasteiger partial charge in [-0.05, 0) is 44.4 Å². The number of aromatic nitrogens is 2. The lowest BCUT2D eigenvalue weighted by atomic mass is 9.99. The van der Waals surface area contributed by atoms with E-state index in [-0.39, 0.29) is 5.38 Å². The summed E-state index contributed by atoms with van der Waals surface area (Å²) in [6.07, 6.45) is 2.56. The quantitative estimate of drug-likeness (QED) is 0.780. The smallest absolute Gasteiger partial charge is 0.127 e. The van der Waals surface area contributed by atoms with Crippen LogP contribution in [0.1, 0.15) is 43.5 Å². The fraction of sp³-hybridized carbons (Fsp3) is 0.588. The Bertz CT molecular complexity index is 635. The van der Waals surface area contributed by atoms with Crippen molar-refractivity contribution < 1.29 is 4.74 Å². The zero-order valence-corrected chi connectivity index (χ0v) is 13.7. The van der Waals surface area contributed by atoms with E-state index in [0.717, 1.165) is 37.3 Å². The van der Waals surface area contributed by atoms with Crippen molar-refractivity contribution in [2.24, 2.45) is 5.92 Å². The lowest BCUT2D eigenvalue weighted by Gasteiger charge is -2.20. The van der Waals surface area contributed by atoms with Crippen LogP contribution in [0.15, 0.2) is 18.2 Å². The van der Waals surface area contributed by atoms with Gasteiger partial charge in [0.15, 0.2) is 0 Å². The van der Waals surface area contributed by atoms with Crippen LogP contribution in [0.2, 0.25) is 0 Å². The van der Waals surface area contributed by atoms with Crippen molar-refractivity contribution in [1.29, 1.82) is 0 Å². The van der Waals surface area contributed by atoms with E-state index in [9.17, 15) is 0 Å². The standard InChI is InChI=1S/C17H23ClN2O/c1-4-16-13(7-8-21-16)10-20-15-9-11(2)5-6-14(15)19-17(20)12(3)18/h5-6,9,12-13,16H,4,7-8,10H2,1-3H3. The van der Waals surface area contributed by atoms with E-state index in [1.165, 1.54) is 11.1 Å². The topological polar surface area (TPSA) is 27.1 Å². The summed E-state index contributed by atoms with van der Waals surface area (Å²) in [5.41, 5.74) is 3.49. The predicted molar refractivity (Wildman–Crippen MR) is 86.9 cm³/mol. The van der Waals surface area contributed by atoms with Gasteiger partial charge in [0, 0.05) is 19.1 Å². The van der Waals surface area contributed by atoms with E-state index in [2.05, 4.69) is 36.6 Å². The lowest BCUT2D eigenvalue weighted by Crippen LogP contribution is -2.21. The Balaban J connectivity index is 2.02. The normalized spacial score (nSPS) is 23.8. The molecule has 0 radical (unpaired) electrons. The molecule has 0 bridgehead atoms. The Morgan fingerprint density at radius 1 is 1.48 bits per heavy atom. The average molecular weight is 307 g/mol. The van der Waals surface area contributed by atoms with Crippen molar-refractivity contribution in [1.82, 2.24) is 9.55 Å². The second-order valence-electron chi connectivity index (χ2n) is 6.06. The van der Waals surface area contributed by atoms with Gasteiger partial charge in [0.25, 0.3) is 0 Å². The molecule has 1 aromatic heterocycles. The highest BCUT2D eigenvalue weighted by atomic mass is 35.5. The number of alkyl halides is 1. The second kappa shape index (κ2) is 5.98. The third-order valence-corrected chi connectivity index (χ3v) is 4.65. The SMILES string of the molecule is CCC1OCCC1Cn1c(C(C)Cl)nc2ccc(C)cc21. The Kier molecular flexibility index (Phi) is 4.23. The van der Waals surface area contributed by atoms with E-state index < -0.39 is 0 Å². The van der Waals surface area contributed by atoms with Crippen molar-refractivity contribution >= 4 is 22.6 Å². The molecule has 1 fully saturated rings. The Morgan fingerprint density at radius 3 is 3.00 bits per heavy atom. The van der Waals surface area contributed by atoms with Gasteiger partial charge in [-0.25, -0.2) is 4.98 Å². The van der Waals surface area contributed by atoms with E-state index in [0.29, 0.717) is 12.0 Å². The van der Waals surface area contributed by atoms with Gasteiger partial charge >= 0.3 is 0 Å². The highest BCUT2D eigenvalue weighted by molar-refractivity contribution is 6.20. The molecule has 1 saturated heterocycles. The molecule has 1 aromatic carbocycles. The summed E-state index contributed by atoms with van der Waals surface area (Å²) >= 11 is 6.36. The maximum absolute atomic E-state index is 6.36. The first-order valence-corrected chi connectivity index (χ1v) is 8.26. The first-order valence-electron chi connectivity index (χ1n) is 7.82. The number of nitrogens with zero attached hydrogens (tertiary/aromatic N) is 2. The van der Waals surface area contributed by atoms with Crippen LogP contribution in [0.25, 0.3) is 11.0 Å². The number of hydrogen-bond donors (Lipinski definition) is 0. The number of hydrogen-bond acceptors (Lipinski definition) is 2. The van der Waals surface area contributed by atoms with Crippen molar-refractivity contribution in [3.8, 4) is 0 Å². The molecule has 4 heteroatoms. The molecule has 3 atom stereocenters. The molecule has 0 saturated carbocycles. The third-order valence-electron chi connectivity index (χ3n) is 4.45. The number of imidazole rings is 1. The molecule has 114 valence electrons. The highest BCUT2D eigenvalue weighted by Crippen LogP contribution is 2.30. The van der Waals surface area contributed by atoms with E-state index in [4.69, 9.17) is 21.3 Å². The van der Waals surface area contributed by atoms with Gasteiger partial charge < -0.3 is 9.30 Å². The molecule has 0 N–H and O–H groups in total. The van der Waals surface area contributed by atoms with Crippen molar-refractivity contribution in [3.63, 3.8) is 0 Å². The molecule has 2 heterocycles. The Morgan fingerprint density at radius 2 is 2.29 bits per heavy atom. The van der Waals surface area contributed by atoms with Crippen LogP contribution in [0.3, 0.4) is 0 Å². The van der Waals surface area contributed by atoms with Crippen LogP contribution in [0.5, 0.6) is 0 Å². The largest absolute Gasteiger partial charge is 0.378 e. The Hall–Kier alpha value is -1.06. The van der Waals surface area contributed by atoms with Gasteiger partial charge in [-0.3, -0.25) is 0 Å². The predicted octanol–water partition coefficient (Wildman–Crippen LogP) is 4.46. The molecule has 21 heavy (non-hydrogen) atoms. The average Bonchev–Trinajstić information content (AvgIpc) is 3.04. The number of aryl methyl sites for hydroxylation is 1. The van der Waals surface area contributed by atoms with Crippen LogP contribution in [-0.2, 0) is 11.3 Å². The third kappa shape index (κ3) is 2.82. The molecule has 0 amide bonds. The zero-order valence-electron chi connectivity index (χ0n) is 13.0. The molecule has 0 aliphatic carbocycles. The molecular weight excluding hydrogens is 284 g/mol. The minimum absolute atomic E-state index is 0.0832. The molecule has 2 aromatic rings. The number of benzene rings is 1. The molecule has 3 unspecified atom stereocenters. The summed E-state index contributed by atoms with van der Waals surface area (Å²) < 4.78 is 8.14. The van der Waals surface area contributed by atoms with Gasteiger partial charge in [-0.2, -0.15) is 0 Å². The van der Waals surface area contributed by atoms with E-state index >= 15 is 0 Å². The monoisotopic (exact) mass is 306 g/mol. The fourth-order valence-corrected chi connectivity index (χ4v) is 3.50. The fourth-order valence-electron chi connectivity index (χ4n) is 3.33. The molecule has 3 rings (SSSR count). The van der Waals surface area contributed by atoms with Gasteiger partial charge in [-0.15, -0.1) is 11.6 Å². The van der Waals surface area contributed by atoms with Crippen LogP contribution < -0.4 is 0 Å². The summed E-state index contributed by atoms with van der Waals surface area (Å²) in [5.74, 6) is 1.53. The summed E-state index contributed by atoms with van der Waals surface area (Å²) in [4.78, 5) is 4.74. The van der Waals surface area contributed by atoms with Crippen LogP contribution >= 0.6 is 11.6 Å². The lowest BCUT2D eigenvalue weighted by molar-refractivity contribution is 0.0835. The molecule has 3 nitrogen and oxygen atoms in total. The summed E-state index contributed by atoms with van der Waals surface area (Å²) in [5, 5.41) is -0.0832. The minimum Gasteiger partial charge on any atom is -0.378 e. The van der Waals surface area contributed by atoms with Crippen molar-refractivity contribution in [2.45, 2.75) is 51.6 Å². The zero-order chi connectivity index (χ0) is 15.0. The number of ether oxygens (including phenoxy) is 1. The summed E-state index contributed by atoms with van der Waals surface area (Å²) in [7, 11) is 0. The number of halogens is 1. The maximum Gasteiger partial charge on any atom is 0.127 e. The number of rotatable bonds is 4. The number of fused-ring (bicyclic) bond motifs is 1. The van der Waals surface area contributed by atoms with E-state index in [1.54, 1.807) is 0 Å². The van der Waals surface area contributed by atoms with Gasteiger partial charge in [-0.1, -0.05) is 13.0 Å². The molecule has 0 spiro atoms. The summed E-state index contributed by atoms with van der Waals surface area (Å²) in [6, 6.07) is 6.41. The van der Waals surface area contributed by atoms with Crippen LogP contribution in [-0.4, -0.2) is 22.3 Å². The van der Waals surface area contributed by atoms with Gasteiger partial charge in [0.2, 0.25) is 0 Å². The summed E-state index contributed by atoms with van der Waals surface area (Å²) in [6.45, 7) is 8.14. The first-order chi connectivity index (χ1) is 10.1. The van der Waals surface area contributed by atoms with Crippen LogP contribution in [0.4, 0.5) is 0 Å². The van der Waals surface area contributed by atoms with Gasteiger partial charge in [0.05, 0.1) is 22.5 Å². The van der Waals surface area contributed by atoms with Gasteiger partial charge in [0.1, 0.15) is 5.82 Å². The molecule has 1 aliphatic heterocycles. The maximum atomic E-state index is 6.36. The van der Waals surface area contributed by atoms with Crippen molar-refractivity contribution in [2.75, 3.05) is 6.61 Å². The second-order valence-corrected chi connectivity index (χ2v) is 6.71. The molecular formula is C17H23ClN2O. The minimum atomic E-state index is -0.0832. The Labute approximate surface area is 131 Å².